The minimum atomic E-state index is -0.0335. The number of aliphatic hydroxyl groups is 2. The van der Waals surface area contributed by atoms with Crippen molar-refractivity contribution in [2.24, 2.45) is 0 Å². The van der Waals surface area contributed by atoms with Crippen LogP contribution in [0, 0.1) is 0 Å². The predicted molar refractivity (Wildman–Crippen MR) is 106 cm³/mol. The van der Waals surface area contributed by atoms with Gasteiger partial charge in [-0.25, -0.2) is 4.98 Å². The Labute approximate surface area is 163 Å². The molecule has 2 N–H and O–H groups in total. The number of thiazole rings is 1. The third kappa shape index (κ3) is 4.90. The van der Waals surface area contributed by atoms with Crippen LogP contribution in [0.3, 0.4) is 0 Å². The molecule has 1 aromatic heterocycles. The van der Waals surface area contributed by atoms with Crippen molar-refractivity contribution in [3.8, 4) is 11.5 Å². The molecule has 0 aliphatic carbocycles. The predicted octanol–water partition coefficient (Wildman–Crippen LogP) is 1.73. The van der Waals surface area contributed by atoms with Crippen LogP contribution in [0.4, 0.5) is 5.13 Å². The van der Waals surface area contributed by atoms with Crippen LogP contribution in [-0.2, 0) is 13.2 Å². The second-order valence-corrected chi connectivity index (χ2v) is 7.42. The summed E-state index contributed by atoms with van der Waals surface area (Å²) in [6, 6.07) is 6.15. The van der Waals surface area contributed by atoms with E-state index in [1.807, 2.05) is 23.6 Å². The van der Waals surface area contributed by atoms with Crippen LogP contribution < -0.4 is 14.4 Å². The molecule has 1 aromatic carbocycles. The molecule has 2 aromatic rings. The minimum Gasteiger partial charge on any atom is -0.497 e. The fraction of sp³-hybridized carbons (Fsp3) is 0.526. The maximum Gasteiger partial charge on any atom is 0.185 e. The first-order chi connectivity index (χ1) is 13.2. The molecule has 1 fully saturated rings. The van der Waals surface area contributed by atoms with Crippen molar-refractivity contribution in [2.75, 3.05) is 45.4 Å². The SMILES string of the molecule is COc1cc(CN2CCN(c3nc(CO)cs3)C[C@@H]2CCO)cc(OC)c1. The van der Waals surface area contributed by atoms with Crippen LogP contribution in [0.1, 0.15) is 17.7 Å². The Morgan fingerprint density at radius 2 is 1.89 bits per heavy atom. The molecule has 148 valence electrons. The molecule has 0 saturated carbocycles. The number of benzene rings is 1. The summed E-state index contributed by atoms with van der Waals surface area (Å²) >= 11 is 1.56. The summed E-state index contributed by atoms with van der Waals surface area (Å²) < 4.78 is 10.7. The largest absolute Gasteiger partial charge is 0.497 e. The number of piperazine rings is 1. The van der Waals surface area contributed by atoms with Gasteiger partial charge in [-0.15, -0.1) is 11.3 Å². The molecule has 7 nitrogen and oxygen atoms in total. The number of aromatic nitrogens is 1. The average Bonchev–Trinajstić information content (AvgIpc) is 3.18. The molecule has 0 radical (unpaired) electrons. The average molecular weight is 394 g/mol. The number of hydrogen-bond donors (Lipinski definition) is 2. The Morgan fingerprint density at radius 3 is 2.48 bits per heavy atom. The Hall–Kier alpha value is -1.87. The zero-order valence-corrected chi connectivity index (χ0v) is 16.6. The number of ether oxygens (including phenoxy) is 2. The van der Waals surface area contributed by atoms with E-state index in [9.17, 15) is 10.2 Å². The van der Waals surface area contributed by atoms with E-state index in [4.69, 9.17) is 9.47 Å². The standard InChI is InChI=1S/C19H27N3O4S/c1-25-17-7-14(8-18(9-17)26-2)10-21-4-5-22(11-16(21)3-6-23)19-20-15(12-24)13-27-19/h7-9,13,16,23-24H,3-6,10-12H2,1-2H3/t16-/m0/s1. The second kappa shape index (κ2) is 9.36. The van der Waals surface area contributed by atoms with Gasteiger partial charge in [0.25, 0.3) is 0 Å². The third-order valence-corrected chi connectivity index (χ3v) is 5.79. The lowest BCUT2D eigenvalue weighted by Crippen LogP contribution is -2.53. The first kappa shape index (κ1) is 19.9. The van der Waals surface area contributed by atoms with Gasteiger partial charge in [0.1, 0.15) is 11.5 Å². The summed E-state index contributed by atoms with van der Waals surface area (Å²) in [6.45, 7) is 3.43. The van der Waals surface area contributed by atoms with Crippen molar-refractivity contribution in [1.29, 1.82) is 0 Å². The van der Waals surface area contributed by atoms with E-state index >= 15 is 0 Å². The quantitative estimate of drug-likeness (QED) is 0.707. The zero-order chi connectivity index (χ0) is 19.2. The maximum atomic E-state index is 9.53. The van der Waals surface area contributed by atoms with Crippen LogP contribution in [0.5, 0.6) is 11.5 Å². The highest BCUT2D eigenvalue weighted by Gasteiger charge is 2.28. The molecule has 1 aliphatic heterocycles. The fourth-order valence-corrected chi connectivity index (χ4v) is 4.26. The highest BCUT2D eigenvalue weighted by molar-refractivity contribution is 7.13. The molecule has 2 heterocycles. The molecule has 27 heavy (non-hydrogen) atoms. The molecule has 8 heteroatoms. The van der Waals surface area contributed by atoms with Crippen molar-refractivity contribution >= 4 is 16.5 Å². The van der Waals surface area contributed by atoms with Gasteiger partial charge in [-0.05, 0) is 24.1 Å². The van der Waals surface area contributed by atoms with Crippen molar-refractivity contribution in [1.82, 2.24) is 9.88 Å². The van der Waals surface area contributed by atoms with Crippen molar-refractivity contribution < 1.29 is 19.7 Å². The Kier molecular flexibility index (Phi) is 6.89. The van der Waals surface area contributed by atoms with E-state index in [2.05, 4.69) is 14.8 Å². The summed E-state index contributed by atoms with van der Waals surface area (Å²) in [4.78, 5) is 9.11. The number of methoxy groups -OCH3 is 2. The molecule has 1 atom stereocenters. The Bertz CT molecular complexity index is 717. The van der Waals surface area contributed by atoms with E-state index in [1.54, 1.807) is 25.6 Å². The summed E-state index contributed by atoms with van der Waals surface area (Å²) in [5, 5.41) is 21.6. The number of rotatable bonds is 8. The van der Waals surface area contributed by atoms with Gasteiger partial charge in [0, 0.05) is 50.3 Å². The number of anilines is 1. The molecular formula is C19H27N3O4S. The number of nitrogens with zero attached hydrogens (tertiary/aromatic N) is 3. The topological polar surface area (TPSA) is 78.3 Å². The zero-order valence-electron chi connectivity index (χ0n) is 15.8. The smallest absolute Gasteiger partial charge is 0.185 e. The first-order valence-electron chi connectivity index (χ1n) is 9.04. The van der Waals surface area contributed by atoms with Crippen LogP contribution in [0.25, 0.3) is 0 Å². The molecule has 0 unspecified atom stereocenters. The van der Waals surface area contributed by atoms with Crippen LogP contribution in [-0.4, -0.2) is 66.6 Å². The summed E-state index contributed by atoms with van der Waals surface area (Å²) in [5.74, 6) is 1.56. The third-order valence-electron chi connectivity index (χ3n) is 4.84. The molecule has 3 rings (SSSR count). The Morgan fingerprint density at radius 1 is 1.15 bits per heavy atom. The van der Waals surface area contributed by atoms with E-state index in [1.165, 1.54) is 0 Å². The molecule has 1 aliphatic rings. The van der Waals surface area contributed by atoms with Crippen molar-refractivity contribution in [3.05, 3.63) is 34.8 Å². The normalized spacial score (nSPS) is 17.9. The molecule has 1 saturated heterocycles. The van der Waals surface area contributed by atoms with E-state index < -0.39 is 0 Å². The molecule has 0 bridgehead atoms. The highest BCUT2D eigenvalue weighted by atomic mass is 32.1. The van der Waals surface area contributed by atoms with Crippen LogP contribution in [0.15, 0.2) is 23.6 Å². The minimum absolute atomic E-state index is 0.0335. The summed E-state index contributed by atoms with van der Waals surface area (Å²) in [5.41, 5.74) is 1.83. The van der Waals surface area contributed by atoms with Crippen LogP contribution in [0.2, 0.25) is 0 Å². The van der Waals surface area contributed by atoms with Crippen molar-refractivity contribution in [3.63, 3.8) is 0 Å². The second-order valence-electron chi connectivity index (χ2n) is 6.58. The number of hydrogen-bond acceptors (Lipinski definition) is 8. The monoisotopic (exact) mass is 393 g/mol. The van der Waals surface area contributed by atoms with Gasteiger partial charge in [-0.2, -0.15) is 0 Å². The summed E-state index contributed by atoms with van der Waals surface area (Å²) in [6.07, 6.45) is 0.704. The fourth-order valence-electron chi connectivity index (χ4n) is 3.40. The van der Waals surface area contributed by atoms with Gasteiger partial charge in [0.2, 0.25) is 0 Å². The van der Waals surface area contributed by atoms with Gasteiger partial charge in [-0.3, -0.25) is 4.90 Å². The van der Waals surface area contributed by atoms with Crippen molar-refractivity contribution in [2.45, 2.75) is 25.6 Å². The van der Waals surface area contributed by atoms with Gasteiger partial charge in [-0.1, -0.05) is 0 Å². The number of aliphatic hydroxyl groups excluding tert-OH is 2. The molecule has 0 spiro atoms. The van der Waals surface area contributed by atoms with Gasteiger partial charge < -0.3 is 24.6 Å². The first-order valence-corrected chi connectivity index (χ1v) is 9.91. The highest BCUT2D eigenvalue weighted by Crippen LogP contribution is 2.27. The Balaban J connectivity index is 1.72. The van der Waals surface area contributed by atoms with E-state index in [-0.39, 0.29) is 19.3 Å². The van der Waals surface area contributed by atoms with Gasteiger partial charge in [0.05, 0.1) is 26.5 Å². The lowest BCUT2D eigenvalue weighted by molar-refractivity contribution is 0.135. The molecular weight excluding hydrogens is 366 g/mol. The lowest BCUT2D eigenvalue weighted by atomic mass is 10.1. The van der Waals surface area contributed by atoms with E-state index in [0.717, 1.165) is 48.4 Å². The lowest BCUT2D eigenvalue weighted by Gasteiger charge is -2.41. The molecule has 0 amide bonds. The van der Waals surface area contributed by atoms with E-state index in [0.29, 0.717) is 12.1 Å². The summed E-state index contributed by atoms with van der Waals surface area (Å²) in [7, 11) is 3.31. The van der Waals surface area contributed by atoms with Crippen LogP contribution >= 0.6 is 11.3 Å². The maximum absolute atomic E-state index is 9.53. The van der Waals surface area contributed by atoms with Gasteiger partial charge >= 0.3 is 0 Å². The van der Waals surface area contributed by atoms with Gasteiger partial charge in [0.15, 0.2) is 5.13 Å².